The van der Waals surface area contributed by atoms with E-state index in [9.17, 15) is 8.42 Å². The Bertz CT molecular complexity index is 1000. The molecule has 0 saturated carbocycles. The summed E-state index contributed by atoms with van der Waals surface area (Å²) >= 11 is 6.09. The second-order valence-corrected chi connectivity index (χ2v) is 7.65. The van der Waals surface area contributed by atoms with Gasteiger partial charge in [0.05, 0.1) is 10.6 Å². The van der Waals surface area contributed by atoms with Crippen LogP contribution in [0.2, 0.25) is 5.15 Å². The molecular weight excluding hydrogens is 358 g/mol. The van der Waals surface area contributed by atoms with Crippen LogP contribution in [0.15, 0.2) is 59.5 Å². The van der Waals surface area contributed by atoms with Gasteiger partial charge < -0.3 is 0 Å². The number of rotatable bonds is 4. The first-order valence-corrected chi connectivity index (χ1v) is 9.42. The standard InChI is InChI=1S/C18H16ClN3O2S/c1-12-7-6-8-13(2)17(12)15-11-16(19)21-18(20-15)22-25(23,24)14-9-4-3-5-10-14/h3-11H,1-2H3,(H,20,21,22). The Morgan fingerprint density at radius 2 is 1.56 bits per heavy atom. The van der Waals surface area contributed by atoms with Crippen molar-refractivity contribution in [2.45, 2.75) is 18.7 Å². The van der Waals surface area contributed by atoms with E-state index in [1.807, 2.05) is 32.0 Å². The third kappa shape index (κ3) is 3.81. The highest BCUT2D eigenvalue weighted by Crippen LogP contribution is 2.28. The second-order valence-electron chi connectivity index (χ2n) is 5.58. The van der Waals surface area contributed by atoms with Crippen LogP contribution < -0.4 is 4.72 Å². The van der Waals surface area contributed by atoms with Gasteiger partial charge in [0.25, 0.3) is 10.0 Å². The van der Waals surface area contributed by atoms with E-state index < -0.39 is 10.0 Å². The Labute approximate surface area is 151 Å². The normalized spacial score (nSPS) is 11.3. The van der Waals surface area contributed by atoms with Crippen molar-refractivity contribution in [3.05, 3.63) is 70.9 Å². The number of anilines is 1. The van der Waals surface area contributed by atoms with Gasteiger partial charge in [0.15, 0.2) is 0 Å². The Balaban J connectivity index is 2.04. The van der Waals surface area contributed by atoms with Crippen molar-refractivity contribution in [1.82, 2.24) is 9.97 Å². The Morgan fingerprint density at radius 3 is 2.20 bits per heavy atom. The quantitative estimate of drug-likeness (QED) is 0.695. The molecule has 0 saturated heterocycles. The molecule has 0 spiro atoms. The maximum atomic E-state index is 12.5. The van der Waals surface area contributed by atoms with Crippen LogP contribution in [0.25, 0.3) is 11.3 Å². The van der Waals surface area contributed by atoms with Crippen molar-refractivity contribution >= 4 is 27.6 Å². The van der Waals surface area contributed by atoms with Crippen LogP contribution >= 0.6 is 11.6 Å². The predicted molar refractivity (Wildman–Crippen MR) is 99.2 cm³/mol. The van der Waals surface area contributed by atoms with E-state index in [0.29, 0.717) is 5.69 Å². The molecule has 0 unspecified atom stereocenters. The summed E-state index contributed by atoms with van der Waals surface area (Å²) in [5.74, 6) is -0.0611. The lowest BCUT2D eigenvalue weighted by atomic mass is 10.00. The van der Waals surface area contributed by atoms with Crippen molar-refractivity contribution in [2.24, 2.45) is 0 Å². The summed E-state index contributed by atoms with van der Waals surface area (Å²) in [6, 6.07) is 15.5. The molecule has 1 aromatic heterocycles. The molecule has 0 amide bonds. The van der Waals surface area contributed by atoms with E-state index in [2.05, 4.69) is 14.7 Å². The predicted octanol–water partition coefficient (Wildman–Crippen LogP) is 4.21. The lowest BCUT2D eigenvalue weighted by Crippen LogP contribution is -2.15. The summed E-state index contributed by atoms with van der Waals surface area (Å²) in [7, 11) is -3.78. The number of hydrogen-bond acceptors (Lipinski definition) is 4. The van der Waals surface area contributed by atoms with Crippen LogP contribution in [0.3, 0.4) is 0 Å². The van der Waals surface area contributed by atoms with Crippen LogP contribution in [-0.4, -0.2) is 18.4 Å². The fourth-order valence-corrected chi connectivity index (χ4v) is 3.74. The molecule has 0 bridgehead atoms. The number of benzene rings is 2. The van der Waals surface area contributed by atoms with Crippen molar-refractivity contribution in [3.63, 3.8) is 0 Å². The number of nitrogens with one attached hydrogen (secondary N) is 1. The van der Waals surface area contributed by atoms with Gasteiger partial charge in [-0.25, -0.2) is 23.1 Å². The molecule has 1 N–H and O–H groups in total. The van der Waals surface area contributed by atoms with Crippen LogP contribution in [0, 0.1) is 13.8 Å². The van der Waals surface area contributed by atoms with Crippen molar-refractivity contribution < 1.29 is 8.42 Å². The maximum absolute atomic E-state index is 12.5. The molecule has 25 heavy (non-hydrogen) atoms. The van der Waals surface area contributed by atoms with E-state index >= 15 is 0 Å². The van der Waals surface area contributed by atoms with Gasteiger partial charge in [0.1, 0.15) is 5.15 Å². The minimum absolute atomic E-state index is 0.0611. The van der Waals surface area contributed by atoms with E-state index in [4.69, 9.17) is 11.6 Å². The molecule has 3 aromatic rings. The zero-order valence-electron chi connectivity index (χ0n) is 13.7. The Kier molecular flexibility index (Phi) is 4.74. The summed E-state index contributed by atoms with van der Waals surface area (Å²) in [4.78, 5) is 8.48. The molecule has 0 radical (unpaired) electrons. The molecule has 5 nitrogen and oxygen atoms in total. The lowest BCUT2D eigenvalue weighted by Gasteiger charge is -2.12. The molecule has 2 aromatic carbocycles. The molecule has 0 aliphatic rings. The van der Waals surface area contributed by atoms with Gasteiger partial charge >= 0.3 is 0 Å². The molecule has 0 aliphatic heterocycles. The van der Waals surface area contributed by atoms with Crippen molar-refractivity contribution in [3.8, 4) is 11.3 Å². The van der Waals surface area contributed by atoms with E-state index in [1.54, 1.807) is 24.3 Å². The summed E-state index contributed by atoms with van der Waals surface area (Å²) < 4.78 is 27.3. The SMILES string of the molecule is Cc1cccc(C)c1-c1cc(Cl)nc(NS(=O)(=O)c2ccccc2)n1. The van der Waals surface area contributed by atoms with Crippen LogP contribution in [0.4, 0.5) is 5.95 Å². The van der Waals surface area contributed by atoms with E-state index in [1.165, 1.54) is 12.1 Å². The summed E-state index contributed by atoms with van der Waals surface area (Å²) in [5.41, 5.74) is 3.52. The number of sulfonamides is 1. The van der Waals surface area contributed by atoms with Gasteiger partial charge in [-0.2, -0.15) is 0 Å². The summed E-state index contributed by atoms with van der Waals surface area (Å²) in [6.07, 6.45) is 0. The van der Waals surface area contributed by atoms with Gasteiger partial charge in [0, 0.05) is 11.6 Å². The maximum Gasteiger partial charge on any atom is 0.264 e. The highest BCUT2D eigenvalue weighted by atomic mass is 35.5. The van der Waals surface area contributed by atoms with Crippen LogP contribution in [0.1, 0.15) is 11.1 Å². The van der Waals surface area contributed by atoms with Crippen molar-refractivity contribution in [2.75, 3.05) is 4.72 Å². The molecule has 1 heterocycles. The van der Waals surface area contributed by atoms with E-state index in [0.717, 1.165) is 16.7 Å². The molecule has 7 heteroatoms. The fraction of sp³-hybridized carbons (Fsp3) is 0.111. The summed E-state index contributed by atoms with van der Waals surface area (Å²) in [6.45, 7) is 3.93. The second kappa shape index (κ2) is 6.82. The van der Waals surface area contributed by atoms with E-state index in [-0.39, 0.29) is 16.0 Å². The third-order valence-electron chi connectivity index (χ3n) is 3.71. The molecule has 3 rings (SSSR count). The molecular formula is C18H16ClN3O2S. The summed E-state index contributed by atoms with van der Waals surface area (Å²) in [5, 5.41) is 0.165. The first-order valence-electron chi connectivity index (χ1n) is 7.56. The Hall–Kier alpha value is -2.44. The van der Waals surface area contributed by atoms with Crippen molar-refractivity contribution in [1.29, 1.82) is 0 Å². The first-order chi connectivity index (χ1) is 11.9. The number of hydrogen-bond donors (Lipinski definition) is 1. The smallest absolute Gasteiger partial charge is 0.247 e. The van der Waals surface area contributed by atoms with Gasteiger partial charge in [-0.05, 0) is 37.1 Å². The fourth-order valence-electron chi connectivity index (χ4n) is 2.59. The first kappa shape index (κ1) is 17.4. The number of halogens is 1. The molecule has 0 aliphatic carbocycles. The van der Waals surface area contributed by atoms with Gasteiger partial charge in [-0.15, -0.1) is 0 Å². The average molecular weight is 374 g/mol. The minimum atomic E-state index is -3.78. The largest absolute Gasteiger partial charge is 0.264 e. The zero-order chi connectivity index (χ0) is 18.0. The molecule has 0 fully saturated rings. The average Bonchev–Trinajstić information content (AvgIpc) is 2.54. The highest BCUT2D eigenvalue weighted by molar-refractivity contribution is 7.92. The van der Waals surface area contributed by atoms with Gasteiger partial charge in [0.2, 0.25) is 5.95 Å². The monoisotopic (exact) mass is 373 g/mol. The van der Waals surface area contributed by atoms with Gasteiger partial charge in [-0.1, -0.05) is 48.0 Å². The molecule has 0 atom stereocenters. The molecule has 128 valence electrons. The highest BCUT2D eigenvalue weighted by Gasteiger charge is 2.17. The zero-order valence-corrected chi connectivity index (χ0v) is 15.3. The third-order valence-corrected chi connectivity index (χ3v) is 5.25. The topological polar surface area (TPSA) is 72.0 Å². The Morgan fingerprint density at radius 1 is 0.920 bits per heavy atom. The van der Waals surface area contributed by atoms with Crippen LogP contribution in [0.5, 0.6) is 0 Å². The van der Waals surface area contributed by atoms with Gasteiger partial charge in [-0.3, -0.25) is 0 Å². The van der Waals surface area contributed by atoms with Crippen LogP contribution in [-0.2, 0) is 10.0 Å². The minimum Gasteiger partial charge on any atom is -0.247 e. The number of aromatic nitrogens is 2. The number of nitrogens with zero attached hydrogens (tertiary/aromatic N) is 2. The lowest BCUT2D eigenvalue weighted by molar-refractivity contribution is 0.601. The number of aryl methyl sites for hydroxylation is 2.